The van der Waals surface area contributed by atoms with Crippen molar-refractivity contribution in [2.24, 2.45) is 0 Å². The average Bonchev–Trinajstić information content (AvgIpc) is 3.17. The standard InChI is InChI=1S/C21H21NO4/c23-20-17-11-5-4-10-16(17)18(21(24)25)19(14-7-2-1-3-8-14)22(20)13-15-9-6-12-26-15/h1-5,7-8,10-11,15,18-19H,6,9,12-13H2,(H,24,25)/t15-,18-,19+/m1/s1. The maximum absolute atomic E-state index is 13.2. The van der Waals surface area contributed by atoms with Crippen molar-refractivity contribution in [3.05, 3.63) is 71.3 Å². The van der Waals surface area contributed by atoms with Gasteiger partial charge >= 0.3 is 5.97 Å². The molecule has 0 radical (unpaired) electrons. The van der Waals surface area contributed by atoms with Gasteiger partial charge < -0.3 is 14.7 Å². The Morgan fingerprint density at radius 2 is 1.85 bits per heavy atom. The van der Waals surface area contributed by atoms with Crippen LogP contribution in [0, 0.1) is 0 Å². The lowest BCUT2D eigenvalue weighted by Crippen LogP contribution is -2.47. The Morgan fingerprint density at radius 1 is 1.12 bits per heavy atom. The Labute approximate surface area is 152 Å². The molecule has 2 heterocycles. The molecule has 1 saturated heterocycles. The molecule has 0 aromatic heterocycles. The Balaban J connectivity index is 1.83. The van der Waals surface area contributed by atoms with Gasteiger partial charge in [0.25, 0.3) is 5.91 Å². The highest BCUT2D eigenvalue weighted by Crippen LogP contribution is 2.43. The molecular formula is C21H21NO4. The molecule has 2 aromatic carbocycles. The van der Waals surface area contributed by atoms with Gasteiger partial charge in [-0.25, -0.2) is 0 Å². The van der Waals surface area contributed by atoms with E-state index in [-0.39, 0.29) is 12.0 Å². The summed E-state index contributed by atoms with van der Waals surface area (Å²) in [6, 6.07) is 15.9. The van der Waals surface area contributed by atoms with Gasteiger partial charge in [0.05, 0.1) is 12.1 Å². The highest BCUT2D eigenvalue weighted by Gasteiger charge is 2.45. The van der Waals surface area contributed by atoms with E-state index in [1.807, 2.05) is 30.3 Å². The Bertz CT molecular complexity index is 814. The normalized spacial score (nSPS) is 25.2. The number of ether oxygens (including phenoxy) is 1. The van der Waals surface area contributed by atoms with Crippen LogP contribution in [0.5, 0.6) is 0 Å². The van der Waals surface area contributed by atoms with E-state index in [2.05, 4.69) is 0 Å². The maximum atomic E-state index is 13.2. The molecule has 0 saturated carbocycles. The highest BCUT2D eigenvalue weighted by atomic mass is 16.5. The molecule has 2 aromatic rings. The molecule has 0 unspecified atom stereocenters. The first kappa shape index (κ1) is 16.8. The van der Waals surface area contributed by atoms with Crippen LogP contribution in [0.25, 0.3) is 0 Å². The predicted octanol–water partition coefficient (Wildman–Crippen LogP) is 3.23. The van der Waals surface area contributed by atoms with Crippen molar-refractivity contribution in [2.45, 2.75) is 30.9 Å². The fourth-order valence-electron chi connectivity index (χ4n) is 4.09. The van der Waals surface area contributed by atoms with E-state index < -0.39 is 17.9 Å². The molecular weight excluding hydrogens is 330 g/mol. The molecule has 0 spiro atoms. The van der Waals surface area contributed by atoms with Crippen LogP contribution in [-0.2, 0) is 9.53 Å². The van der Waals surface area contributed by atoms with Gasteiger partial charge in [0, 0.05) is 18.7 Å². The van der Waals surface area contributed by atoms with Crippen molar-refractivity contribution >= 4 is 11.9 Å². The lowest BCUT2D eigenvalue weighted by Gasteiger charge is -2.41. The molecule has 0 bridgehead atoms. The minimum atomic E-state index is -0.920. The second-order valence-corrected chi connectivity index (χ2v) is 6.85. The Hall–Kier alpha value is -2.66. The van der Waals surface area contributed by atoms with Gasteiger partial charge in [-0.3, -0.25) is 9.59 Å². The number of benzene rings is 2. The molecule has 4 rings (SSSR count). The number of hydrogen-bond acceptors (Lipinski definition) is 3. The third-order valence-electron chi connectivity index (χ3n) is 5.27. The summed E-state index contributed by atoms with van der Waals surface area (Å²) < 4.78 is 5.73. The van der Waals surface area contributed by atoms with Crippen molar-refractivity contribution < 1.29 is 19.4 Å². The van der Waals surface area contributed by atoms with E-state index in [0.717, 1.165) is 18.4 Å². The van der Waals surface area contributed by atoms with Crippen LogP contribution in [-0.4, -0.2) is 41.1 Å². The number of carboxylic acid groups (broad SMARTS) is 1. The molecule has 0 aliphatic carbocycles. The Kier molecular flexibility index (Phi) is 4.47. The minimum absolute atomic E-state index is 0.0372. The number of fused-ring (bicyclic) bond motifs is 1. The fourth-order valence-corrected chi connectivity index (χ4v) is 4.09. The van der Waals surface area contributed by atoms with Crippen LogP contribution >= 0.6 is 0 Å². The molecule has 3 atom stereocenters. The SMILES string of the molecule is O=C(O)[C@@H]1c2ccccc2C(=O)N(C[C@H]2CCCO2)[C@H]1c1ccccc1. The zero-order valence-electron chi connectivity index (χ0n) is 14.4. The quantitative estimate of drug-likeness (QED) is 0.918. The Morgan fingerprint density at radius 3 is 2.54 bits per heavy atom. The van der Waals surface area contributed by atoms with E-state index in [0.29, 0.717) is 24.3 Å². The molecule has 2 aliphatic heterocycles. The monoisotopic (exact) mass is 351 g/mol. The van der Waals surface area contributed by atoms with Crippen molar-refractivity contribution in [3.63, 3.8) is 0 Å². The van der Waals surface area contributed by atoms with E-state index in [1.165, 1.54) is 0 Å². The molecule has 1 amide bonds. The molecule has 26 heavy (non-hydrogen) atoms. The smallest absolute Gasteiger partial charge is 0.313 e. The number of nitrogens with zero attached hydrogens (tertiary/aromatic N) is 1. The summed E-state index contributed by atoms with van der Waals surface area (Å²) in [4.78, 5) is 27.2. The van der Waals surface area contributed by atoms with E-state index in [1.54, 1.807) is 29.2 Å². The maximum Gasteiger partial charge on any atom is 0.313 e. The van der Waals surface area contributed by atoms with Crippen molar-refractivity contribution in [1.29, 1.82) is 0 Å². The van der Waals surface area contributed by atoms with Gasteiger partial charge in [0.1, 0.15) is 5.92 Å². The van der Waals surface area contributed by atoms with Gasteiger partial charge in [0.2, 0.25) is 0 Å². The number of carbonyl (C=O) groups excluding carboxylic acids is 1. The van der Waals surface area contributed by atoms with Crippen molar-refractivity contribution in [1.82, 2.24) is 4.90 Å². The van der Waals surface area contributed by atoms with Crippen LogP contribution in [0.15, 0.2) is 54.6 Å². The summed E-state index contributed by atoms with van der Waals surface area (Å²) >= 11 is 0. The van der Waals surface area contributed by atoms with Crippen LogP contribution in [0.2, 0.25) is 0 Å². The third kappa shape index (κ3) is 2.88. The average molecular weight is 351 g/mol. The topological polar surface area (TPSA) is 66.8 Å². The van der Waals surface area contributed by atoms with Gasteiger partial charge in [-0.1, -0.05) is 48.5 Å². The molecule has 1 N–H and O–H groups in total. The van der Waals surface area contributed by atoms with Crippen molar-refractivity contribution in [3.8, 4) is 0 Å². The summed E-state index contributed by atoms with van der Waals surface area (Å²) in [6.45, 7) is 1.11. The molecule has 1 fully saturated rings. The van der Waals surface area contributed by atoms with Gasteiger partial charge in [-0.15, -0.1) is 0 Å². The largest absolute Gasteiger partial charge is 0.481 e. The lowest BCUT2D eigenvalue weighted by molar-refractivity contribution is -0.140. The summed E-state index contributed by atoms with van der Waals surface area (Å²) in [5, 5.41) is 10.0. The van der Waals surface area contributed by atoms with Crippen LogP contribution < -0.4 is 0 Å². The number of aliphatic carboxylic acids is 1. The predicted molar refractivity (Wildman–Crippen MR) is 96.0 cm³/mol. The molecule has 2 aliphatic rings. The number of amides is 1. The fraction of sp³-hybridized carbons (Fsp3) is 0.333. The van der Waals surface area contributed by atoms with Gasteiger partial charge in [-0.05, 0) is 30.0 Å². The zero-order chi connectivity index (χ0) is 18.1. The molecule has 5 heteroatoms. The van der Waals surface area contributed by atoms with Crippen LogP contribution in [0.1, 0.15) is 46.3 Å². The van der Waals surface area contributed by atoms with E-state index in [4.69, 9.17) is 4.74 Å². The number of hydrogen-bond donors (Lipinski definition) is 1. The number of carboxylic acids is 1. The molecule has 134 valence electrons. The first-order valence-electron chi connectivity index (χ1n) is 8.96. The first-order valence-corrected chi connectivity index (χ1v) is 8.96. The highest BCUT2D eigenvalue weighted by molar-refractivity contribution is 6.00. The number of rotatable bonds is 4. The second-order valence-electron chi connectivity index (χ2n) is 6.85. The zero-order valence-corrected chi connectivity index (χ0v) is 14.4. The van der Waals surface area contributed by atoms with E-state index in [9.17, 15) is 14.7 Å². The van der Waals surface area contributed by atoms with Gasteiger partial charge in [0.15, 0.2) is 0 Å². The number of carbonyl (C=O) groups is 2. The van der Waals surface area contributed by atoms with E-state index >= 15 is 0 Å². The second kappa shape index (κ2) is 6.92. The van der Waals surface area contributed by atoms with Gasteiger partial charge in [-0.2, -0.15) is 0 Å². The molecule has 5 nitrogen and oxygen atoms in total. The van der Waals surface area contributed by atoms with Crippen LogP contribution in [0.4, 0.5) is 0 Å². The third-order valence-corrected chi connectivity index (χ3v) is 5.27. The summed E-state index contributed by atoms with van der Waals surface area (Å²) in [5.74, 6) is -1.84. The summed E-state index contributed by atoms with van der Waals surface area (Å²) in [7, 11) is 0. The van der Waals surface area contributed by atoms with Crippen molar-refractivity contribution in [2.75, 3.05) is 13.2 Å². The minimum Gasteiger partial charge on any atom is -0.481 e. The summed E-state index contributed by atoms with van der Waals surface area (Å²) in [5.41, 5.74) is 1.90. The first-order chi connectivity index (χ1) is 12.7. The van der Waals surface area contributed by atoms with Crippen LogP contribution in [0.3, 0.4) is 0 Å². The summed E-state index contributed by atoms with van der Waals surface area (Å²) in [6.07, 6.45) is 1.83. The lowest BCUT2D eigenvalue weighted by atomic mass is 9.79.